The molecule has 0 bridgehead atoms. The summed E-state index contributed by atoms with van der Waals surface area (Å²) in [6.45, 7) is 0. The van der Waals surface area contributed by atoms with Gasteiger partial charge in [-0.05, 0) is 22.1 Å². The van der Waals surface area contributed by atoms with Crippen LogP contribution in [-0.2, 0) is 4.74 Å². The van der Waals surface area contributed by atoms with Crippen LogP contribution >= 0.6 is 0 Å². The quantitative estimate of drug-likeness (QED) is 0.622. The van der Waals surface area contributed by atoms with Crippen LogP contribution in [0.3, 0.4) is 0 Å². The maximum atomic E-state index is 5.23. The molecule has 0 spiro atoms. The van der Waals surface area contributed by atoms with E-state index in [-0.39, 0.29) is 0 Å². The largest absolute Gasteiger partial charge is 0.472 e. The number of fused-ring (bicyclic) bond motifs is 3. The van der Waals surface area contributed by atoms with Crippen molar-refractivity contribution >= 4 is 23.1 Å². The van der Waals surface area contributed by atoms with Crippen molar-refractivity contribution in [3.05, 3.63) is 59.2 Å². The van der Waals surface area contributed by atoms with Gasteiger partial charge in [-0.3, -0.25) is 0 Å². The second kappa shape index (κ2) is 3.28. The number of benzene rings is 2. The van der Waals surface area contributed by atoms with E-state index in [1.165, 1.54) is 16.0 Å². The van der Waals surface area contributed by atoms with Crippen LogP contribution in [0.5, 0.6) is 0 Å². The standard InChI is InChI=1S/C14H10O/c1-2-5-13-11(4-1)7-8-12-10-15-9-3-6-14(12)13/h1-10H. The fraction of sp³-hybridized carbons (Fsp3) is 0. The highest BCUT2D eigenvalue weighted by atomic mass is 16.5. The molecule has 0 saturated heterocycles. The monoisotopic (exact) mass is 194 g/mol. The minimum Gasteiger partial charge on any atom is -0.472 e. The van der Waals surface area contributed by atoms with Crippen LogP contribution in [0.1, 0.15) is 0 Å². The predicted molar refractivity (Wildman–Crippen MR) is 62.4 cm³/mol. The molecule has 0 N–H and O–H groups in total. The highest BCUT2D eigenvalue weighted by Crippen LogP contribution is 2.06. The van der Waals surface area contributed by atoms with Crippen molar-refractivity contribution in [2.75, 3.05) is 0 Å². The summed E-state index contributed by atoms with van der Waals surface area (Å²) in [6.07, 6.45) is 7.48. The Morgan fingerprint density at radius 3 is 2.87 bits per heavy atom. The van der Waals surface area contributed by atoms with E-state index in [1.807, 2.05) is 6.08 Å². The van der Waals surface area contributed by atoms with E-state index in [2.05, 4.69) is 42.5 Å². The molecule has 2 aromatic rings. The first-order chi connectivity index (χ1) is 7.45. The molecule has 1 aliphatic rings. The Balaban J connectivity index is 2.58. The highest BCUT2D eigenvalue weighted by molar-refractivity contribution is 5.84. The zero-order chi connectivity index (χ0) is 10.1. The number of ether oxygens (including phenoxy) is 1. The summed E-state index contributed by atoms with van der Waals surface area (Å²) in [7, 11) is 0. The summed E-state index contributed by atoms with van der Waals surface area (Å²) in [5, 5.41) is 4.87. The summed E-state index contributed by atoms with van der Waals surface area (Å²) in [4.78, 5) is 0. The third-order valence-corrected chi connectivity index (χ3v) is 2.62. The molecule has 3 rings (SSSR count). The molecule has 0 radical (unpaired) electrons. The van der Waals surface area contributed by atoms with Crippen LogP contribution in [0.15, 0.2) is 48.7 Å². The lowest BCUT2D eigenvalue weighted by Crippen LogP contribution is -2.24. The van der Waals surface area contributed by atoms with E-state index in [4.69, 9.17) is 4.74 Å². The van der Waals surface area contributed by atoms with Gasteiger partial charge in [0.05, 0.1) is 12.5 Å². The molecular formula is C14H10O. The molecule has 0 fully saturated rings. The Hall–Kier alpha value is -2.02. The van der Waals surface area contributed by atoms with Crippen molar-refractivity contribution in [1.82, 2.24) is 0 Å². The van der Waals surface area contributed by atoms with E-state index in [0.29, 0.717) is 0 Å². The summed E-state index contributed by atoms with van der Waals surface area (Å²) in [5.41, 5.74) is 0. The summed E-state index contributed by atoms with van der Waals surface area (Å²) >= 11 is 0. The zero-order valence-corrected chi connectivity index (χ0v) is 8.18. The second-order valence-electron chi connectivity index (χ2n) is 3.54. The van der Waals surface area contributed by atoms with Crippen molar-refractivity contribution in [3.8, 4) is 0 Å². The van der Waals surface area contributed by atoms with Gasteiger partial charge in [0.2, 0.25) is 0 Å². The average Bonchev–Trinajstić information content (AvgIpc) is 2.54. The molecule has 0 aliphatic carbocycles. The fourth-order valence-corrected chi connectivity index (χ4v) is 1.89. The minimum absolute atomic E-state index is 1.12. The molecule has 72 valence electrons. The molecule has 0 amide bonds. The maximum Gasteiger partial charge on any atom is 0.0979 e. The van der Waals surface area contributed by atoms with Gasteiger partial charge < -0.3 is 4.74 Å². The SMILES string of the molecule is C1=COC=c2ccc3ccccc3c2=C1. The molecule has 2 aromatic carbocycles. The summed E-state index contributed by atoms with van der Waals surface area (Å²) in [5.74, 6) is 0. The van der Waals surface area contributed by atoms with Gasteiger partial charge in [0.1, 0.15) is 0 Å². The minimum atomic E-state index is 1.12. The van der Waals surface area contributed by atoms with Crippen molar-refractivity contribution < 1.29 is 4.74 Å². The van der Waals surface area contributed by atoms with Gasteiger partial charge in [-0.1, -0.05) is 42.5 Å². The first kappa shape index (κ1) is 8.30. The first-order valence-electron chi connectivity index (χ1n) is 4.95. The number of allylic oxidation sites excluding steroid dienone is 1. The maximum absolute atomic E-state index is 5.23. The summed E-state index contributed by atoms with van der Waals surface area (Å²) < 4.78 is 5.23. The third kappa shape index (κ3) is 1.33. The third-order valence-electron chi connectivity index (χ3n) is 2.62. The molecule has 0 unspecified atom stereocenters. The van der Waals surface area contributed by atoms with E-state index in [0.717, 1.165) is 5.22 Å². The Labute approximate surface area is 87.6 Å². The normalized spacial score (nSPS) is 13.3. The van der Waals surface area contributed by atoms with Gasteiger partial charge >= 0.3 is 0 Å². The van der Waals surface area contributed by atoms with E-state index in [1.54, 1.807) is 12.5 Å². The van der Waals surface area contributed by atoms with Gasteiger partial charge in [-0.15, -0.1) is 0 Å². The highest BCUT2D eigenvalue weighted by Gasteiger charge is 1.96. The lowest BCUT2D eigenvalue weighted by molar-refractivity contribution is 0.461. The zero-order valence-electron chi connectivity index (χ0n) is 8.18. The van der Waals surface area contributed by atoms with Crippen molar-refractivity contribution in [2.45, 2.75) is 0 Å². The topological polar surface area (TPSA) is 9.23 Å². The number of hydrogen-bond donors (Lipinski definition) is 0. The molecule has 1 heteroatoms. The van der Waals surface area contributed by atoms with Gasteiger partial charge in [-0.25, -0.2) is 0 Å². The first-order valence-corrected chi connectivity index (χ1v) is 4.95. The Morgan fingerprint density at radius 2 is 1.87 bits per heavy atom. The van der Waals surface area contributed by atoms with Crippen LogP contribution in [0.2, 0.25) is 0 Å². The summed E-state index contributed by atoms with van der Waals surface area (Å²) in [6, 6.07) is 12.6. The van der Waals surface area contributed by atoms with Crippen molar-refractivity contribution in [2.24, 2.45) is 0 Å². The van der Waals surface area contributed by atoms with Gasteiger partial charge in [0.25, 0.3) is 0 Å². The molecule has 1 nitrogen and oxygen atoms in total. The second-order valence-corrected chi connectivity index (χ2v) is 3.54. The predicted octanol–water partition coefficient (Wildman–Crippen LogP) is 1.90. The van der Waals surface area contributed by atoms with E-state index in [9.17, 15) is 0 Å². The Morgan fingerprint density at radius 1 is 0.933 bits per heavy atom. The average molecular weight is 194 g/mol. The molecule has 1 heterocycles. The lowest BCUT2D eigenvalue weighted by atomic mass is 10.1. The smallest absolute Gasteiger partial charge is 0.0979 e. The molecule has 15 heavy (non-hydrogen) atoms. The van der Waals surface area contributed by atoms with Gasteiger partial charge in [0.15, 0.2) is 0 Å². The van der Waals surface area contributed by atoms with Gasteiger partial charge in [0, 0.05) is 5.22 Å². The van der Waals surface area contributed by atoms with Crippen molar-refractivity contribution in [1.29, 1.82) is 0 Å². The number of rotatable bonds is 0. The fourth-order valence-electron chi connectivity index (χ4n) is 1.89. The van der Waals surface area contributed by atoms with E-state index < -0.39 is 0 Å². The molecule has 0 saturated carbocycles. The molecule has 0 aromatic heterocycles. The molecular weight excluding hydrogens is 184 g/mol. The van der Waals surface area contributed by atoms with E-state index >= 15 is 0 Å². The van der Waals surface area contributed by atoms with Crippen LogP contribution < -0.4 is 10.4 Å². The van der Waals surface area contributed by atoms with Crippen LogP contribution in [0.4, 0.5) is 0 Å². The van der Waals surface area contributed by atoms with Gasteiger partial charge in [-0.2, -0.15) is 0 Å². The Bertz CT molecular complexity index is 651. The molecule has 0 atom stereocenters. The number of hydrogen-bond acceptors (Lipinski definition) is 1. The van der Waals surface area contributed by atoms with Crippen LogP contribution in [0, 0.1) is 0 Å². The Kier molecular flexibility index (Phi) is 1.82. The van der Waals surface area contributed by atoms with Crippen molar-refractivity contribution in [3.63, 3.8) is 0 Å². The van der Waals surface area contributed by atoms with Crippen LogP contribution in [-0.4, -0.2) is 0 Å². The lowest BCUT2D eigenvalue weighted by Gasteiger charge is -1.98. The molecule has 1 aliphatic heterocycles. The van der Waals surface area contributed by atoms with Crippen LogP contribution in [0.25, 0.3) is 23.1 Å².